The first-order valence-corrected chi connectivity index (χ1v) is 10.6. The Bertz CT molecular complexity index is 884. The highest BCUT2D eigenvalue weighted by molar-refractivity contribution is 5.96. The minimum Gasteiger partial charge on any atom is -0.347 e. The second-order valence-electron chi connectivity index (χ2n) is 9.48. The molecule has 4 nitrogen and oxygen atoms in total. The second-order valence-corrected chi connectivity index (χ2v) is 9.48. The molecule has 4 bridgehead atoms. The van der Waals surface area contributed by atoms with Crippen molar-refractivity contribution in [1.82, 2.24) is 5.32 Å². The van der Waals surface area contributed by atoms with Crippen LogP contribution in [-0.4, -0.2) is 18.4 Å². The van der Waals surface area contributed by atoms with Crippen LogP contribution in [-0.2, 0) is 9.59 Å². The van der Waals surface area contributed by atoms with Crippen LogP contribution in [0.4, 0.5) is 5.69 Å². The Morgan fingerprint density at radius 3 is 2.18 bits per heavy atom. The maximum absolute atomic E-state index is 12.6. The third-order valence-electron chi connectivity index (χ3n) is 7.18. The van der Waals surface area contributed by atoms with Crippen molar-refractivity contribution in [1.29, 1.82) is 0 Å². The number of fused-ring (bicyclic) bond motifs is 1. The molecule has 4 heteroatoms. The largest absolute Gasteiger partial charge is 0.347 e. The molecule has 6 rings (SSSR count). The highest BCUT2D eigenvalue weighted by Crippen LogP contribution is 2.61. The maximum atomic E-state index is 12.6. The van der Waals surface area contributed by atoms with E-state index in [0.717, 1.165) is 34.2 Å². The van der Waals surface area contributed by atoms with E-state index in [1.54, 1.807) is 0 Å². The molecule has 4 fully saturated rings. The van der Waals surface area contributed by atoms with Crippen molar-refractivity contribution in [3.05, 3.63) is 42.5 Å². The third-order valence-corrected chi connectivity index (χ3v) is 7.18. The van der Waals surface area contributed by atoms with E-state index in [9.17, 15) is 9.59 Å². The van der Waals surface area contributed by atoms with E-state index in [2.05, 4.69) is 10.6 Å². The van der Waals surface area contributed by atoms with Gasteiger partial charge in [0, 0.05) is 12.1 Å². The van der Waals surface area contributed by atoms with Crippen LogP contribution in [0.3, 0.4) is 0 Å². The lowest BCUT2D eigenvalue weighted by atomic mass is 9.49. The van der Waals surface area contributed by atoms with Gasteiger partial charge in [-0.05, 0) is 84.6 Å². The quantitative estimate of drug-likeness (QED) is 0.807. The molecule has 0 saturated heterocycles. The minimum absolute atomic E-state index is 0.0376. The zero-order chi connectivity index (χ0) is 19.1. The van der Waals surface area contributed by atoms with Gasteiger partial charge in [0.05, 0.1) is 6.54 Å². The summed E-state index contributed by atoms with van der Waals surface area (Å²) in [5.41, 5.74) is 0.979. The topological polar surface area (TPSA) is 58.2 Å². The van der Waals surface area contributed by atoms with Crippen LogP contribution in [0.1, 0.15) is 44.9 Å². The molecule has 2 N–H and O–H groups in total. The van der Waals surface area contributed by atoms with Gasteiger partial charge in [-0.15, -0.1) is 0 Å². The van der Waals surface area contributed by atoms with Gasteiger partial charge in [-0.25, -0.2) is 0 Å². The molecule has 4 aliphatic rings. The first-order chi connectivity index (χ1) is 13.6. The standard InChI is InChI=1S/C24H28N2O2/c27-22(14-24-11-16-7-17(12-24)9-18(8-16)13-24)25-15-23(28)26-21-6-5-19-3-1-2-4-20(19)10-21/h1-6,10,16-18H,7-9,11-15H2,(H,25,27)(H,26,28). The first-order valence-electron chi connectivity index (χ1n) is 10.6. The highest BCUT2D eigenvalue weighted by atomic mass is 16.2. The number of rotatable bonds is 5. The Balaban J connectivity index is 1.15. The van der Waals surface area contributed by atoms with Gasteiger partial charge in [0.25, 0.3) is 0 Å². The van der Waals surface area contributed by atoms with Gasteiger partial charge in [-0.1, -0.05) is 30.3 Å². The van der Waals surface area contributed by atoms with Gasteiger partial charge in [0.15, 0.2) is 0 Å². The lowest BCUT2D eigenvalue weighted by Gasteiger charge is -2.56. The molecule has 0 unspecified atom stereocenters. The molecule has 28 heavy (non-hydrogen) atoms. The first kappa shape index (κ1) is 17.7. The van der Waals surface area contributed by atoms with Crippen molar-refractivity contribution < 1.29 is 9.59 Å². The van der Waals surface area contributed by atoms with Crippen molar-refractivity contribution in [2.24, 2.45) is 23.2 Å². The van der Waals surface area contributed by atoms with E-state index in [1.807, 2.05) is 42.5 Å². The molecule has 0 spiro atoms. The van der Waals surface area contributed by atoms with Crippen LogP contribution in [0, 0.1) is 23.2 Å². The van der Waals surface area contributed by atoms with E-state index in [0.29, 0.717) is 6.42 Å². The summed E-state index contributed by atoms with van der Waals surface area (Å²) in [7, 11) is 0. The lowest BCUT2D eigenvalue weighted by Crippen LogP contribution is -2.48. The Morgan fingerprint density at radius 2 is 1.50 bits per heavy atom. The summed E-state index contributed by atoms with van der Waals surface area (Å²) in [5.74, 6) is 2.39. The van der Waals surface area contributed by atoms with Crippen molar-refractivity contribution in [3.8, 4) is 0 Å². The number of anilines is 1. The predicted molar refractivity (Wildman–Crippen MR) is 111 cm³/mol. The third kappa shape index (κ3) is 3.52. The molecular formula is C24H28N2O2. The fraction of sp³-hybridized carbons (Fsp3) is 0.500. The molecular weight excluding hydrogens is 348 g/mol. The summed E-state index contributed by atoms with van der Waals surface area (Å²) in [6, 6.07) is 13.9. The number of hydrogen-bond acceptors (Lipinski definition) is 2. The van der Waals surface area contributed by atoms with Crippen LogP contribution < -0.4 is 10.6 Å². The van der Waals surface area contributed by atoms with Gasteiger partial charge in [0.1, 0.15) is 0 Å². The zero-order valence-corrected chi connectivity index (χ0v) is 16.2. The van der Waals surface area contributed by atoms with Gasteiger partial charge in [-0.3, -0.25) is 9.59 Å². The molecule has 0 radical (unpaired) electrons. The number of benzene rings is 2. The molecule has 0 aliphatic heterocycles. The van der Waals surface area contributed by atoms with Crippen LogP contribution in [0.15, 0.2) is 42.5 Å². The normalized spacial score (nSPS) is 30.4. The maximum Gasteiger partial charge on any atom is 0.243 e. The number of carbonyl (C=O) groups is 2. The molecule has 2 aromatic rings. The SMILES string of the molecule is O=C(CC12CC3CC(CC(C3)C1)C2)NCC(=O)Nc1ccc2ccccc2c1. The molecule has 146 valence electrons. The second kappa shape index (κ2) is 6.91. The van der Waals surface area contributed by atoms with Gasteiger partial charge in [0.2, 0.25) is 11.8 Å². The fourth-order valence-electron chi connectivity index (χ4n) is 6.56. The van der Waals surface area contributed by atoms with Crippen molar-refractivity contribution >= 4 is 28.3 Å². The van der Waals surface area contributed by atoms with Crippen LogP contribution in [0.2, 0.25) is 0 Å². The molecule has 0 aromatic heterocycles. The van der Waals surface area contributed by atoms with E-state index >= 15 is 0 Å². The monoisotopic (exact) mass is 376 g/mol. The average Bonchev–Trinajstić information content (AvgIpc) is 2.65. The van der Waals surface area contributed by atoms with Crippen molar-refractivity contribution in [2.75, 3.05) is 11.9 Å². The van der Waals surface area contributed by atoms with E-state index < -0.39 is 0 Å². The highest BCUT2D eigenvalue weighted by Gasteiger charge is 2.51. The van der Waals surface area contributed by atoms with Crippen LogP contribution in [0.5, 0.6) is 0 Å². The zero-order valence-electron chi connectivity index (χ0n) is 16.2. The summed E-state index contributed by atoms with van der Waals surface area (Å²) in [6.45, 7) is 0.0397. The Kier molecular flexibility index (Phi) is 4.37. The number of hydrogen-bond donors (Lipinski definition) is 2. The Labute approximate surface area is 166 Å². The molecule has 0 heterocycles. The summed E-state index contributed by atoms with van der Waals surface area (Å²) in [5, 5.41) is 7.99. The number of nitrogens with one attached hydrogen (secondary N) is 2. The average molecular weight is 377 g/mol. The summed E-state index contributed by atoms with van der Waals surface area (Å²) in [4.78, 5) is 24.9. The van der Waals surface area contributed by atoms with E-state index in [1.165, 1.54) is 38.5 Å². The molecule has 2 amide bonds. The van der Waals surface area contributed by atoms with Gasteiger partial charge < -0.3 is 10.6 Å². The summed E-state index contributed by atoms with van der Waals surface area (Å²) < 4.78 is 0. The van der Waals surface area contributed by atoms with Crippen molar-refractivity contribution in [2.45, 2.75) is 44.9 Å². The molecule has 2 aromatic carbocycles. The predicted octanol–water partition coefficient (Wildman–Crippen LogP) is 4.50. The summed E-state index contributed by atoms with van der Waals surface area (Å²) in [6.07, 6.45) is 8.40. The number of carbonyl (C=O) groups excluding carboxylic acids is 2. The molecule has 4 aliphatic carbocycles. The Hall–Kier alpha value is -2.36. The summed E-state index contributed by atoms with van der Waals surface area (Å²) >= 11 is 0. The fourth-order valence-corrected chi connectivity index (χ4v) is 6.56. The lowest BCUT2D eigenvalue weighted by molar-refractivity contribution is -0.131. The van der Waals surface area contributed by atoms with Crippen molar-refractivity contribution in [3.63, 3.8) is 0 Å². The van der Waals surface area contributed by atoms with E-state index in [4.69, 9.17) is 0 Å². The smallest absolute Gasteiger partial charge is 0.243 e. The molecule has 0 atom stereocenters. The molecule has 4 saturated carbocycles. The van der Waals surface area contributed by atoms with Gasteiger partial charge in [-0.2, -0.15) is 0 Å². The van der Waals surface area contributed by atoms with Crippen LogP contribution in [0.25, 0.3) is 10.8 Å². The van der Waals surface area contributed by atoms with E-state index in [-0.39, 0.29) is 23.8 Å². The minimum atomic E-state index is -0.172. The van der Waals surface area contributed by atoms with Gasteiger partial charge >= 0.3 is 0 Å². The van der Waals surface area contributed by atoms with Crippen LogP contribution >= 0.6 is 0 Å². The number of amides is 2. The Morgan fingerprint density at radius 1 is 0.857 bits per heavy atom.